The summed E-state index contributed by atoms with van der Waals surface area (Å²) >= 11 is 3.45. The molecule has 0 aliphatic carbocycles. The van der Waals surface area contributed by atoms with Gasteiger partial charge < -0.3 is 0 Å². The van der Waals surface area contributed by atoms with E-state index in [9.17, 15) is 4.39 Å². The van der Waals surface area contributed by atoms with Gasteiger partial charge in [0, 0.05) is 4.47 Å². The third kappa shape index (κ3) is 2.22. The molecule has 1 nitrogen and oxygen atoms in total. The Morgan fingerprint density at radius 3 is 2.65 bits per heavy atom. The normalized spacial score (nSPS) is 10.0. The van der Waals surface area contributed by atoms with Crippen LogP contribution in [0.15, 0.2) is 40.9 Å². The number of halogens is 2. The summed E-state index contributed by atoms with van der Waals surface area (Å²) in [5.74, 6) is -0.391. The standard InChI is InChI=1S/C14H9BrFN/c1-9-12(3-2-4-14(9)15)13-6-5-11(16)7-10(13)8-17/h2-7H,1H3. The van der Waals surface area contributed by atoms with Crippen LogP contribution in [0.2, 0.25) is 0 Å². The molecule has 0 bridgehead atoms. The fourth-order valence-corrected chi connectivity index (χ4v) is 2.11. The SMILES string of the molecule is Cc1c(Br)cccc1-c1ccc(F)cc1C#N. The average Bonchev–Trinajstić information content (AvgIpc) is 2.33. The van der Waals surface area contributed by atoms with Crippen molar-refractivity contribution >= 4 is 15.9 Å². The molecule has 0 fully saturated rings. The first-order chi connectivity index (χ1) is 8.13. The molecule has 2 aromatic rings. The number of hydrogen-bond acceptors (Lipinski definition) is 1. The van der Waals surface area contributed by atoms with Gasteiger partial charge in [-0.1, -0.05) is 34.1 Å². The van der Waals surface area contributed by atoms with Gasteiger partial charge in [0.2, 0.25) is 0 Å². The van der Waals surface area contributed by atoms with Crippen molar-refractivity contribution in [1.82, 2.24) is 0 Å². The largest absolute Gasteiger partial charge is 0.207 e. The minimum absolute atomic E-state index is 0.353. The molecule has 0 radical (unpaired) electrons. The third-order valence-electron chi connectivity index (χ3n) is 2.66. The van der Waals surface area contributed by atoms with Crippen LogP contribution in [-0.2, 0) is 0 Å². The summed E-state index contributed by atoms with van der Waals surface area (Å²) in [6.45, 7) is 1.96. The maximum absolute atomic E-state index is 13.1. The van der Waals surface area contributed by atoms with Crippen LogP contribution in [0.1, 0.15) is 11.1 Å². The zero-order valence-electron chi connectivity index (χ0n) is 9.17. The lowest BCUT2D eigenvalue weighted by molar-refractivity contribution is 0.627. The van der Waals surface area contributed by atoms with E-state index in [-0.39, 0.29) is 0 Å². The van der Waals surface area contributed by atoms with Crippen molar-refractivity contribution in [3.63, 3.8) is 0 Å². The highest BCUT2D eigenvalue weighted by Crippen LogP contribution is 2.30. The summed E-state index contributed by atoms with van der Waals surface area (Å²) in [5, 5.41) is 9.04. The molecule has 84 valence electrons. The molecule has 0 heterocycles. The number of benzene rings is 2. The second-order valence-corrected chi connectivity index (χ2v) is 4.57. The molecule has 0 unspecified atom stereocenters. The number of rotatable bonds is 1. The highest BCUT2D eigenvalue weighted by atomic mass is 79.9. The summed E-state index contributed by atoms with van der Waals surface area (Å²) in [5.41, 5.74) is 3.09. The second-order valence-electron chi connectivity index (χ2n) is 3.71. The molecule has 2 aromatic carbocycles. The second kappa shape index (κ2) is 4.68. The van der Waals surface area contributed by atoms with Crippen molar-refractivity contribution in [1.29, 1.82) is 5.26 Å². The smallest absolute Gasteiger partial charge is 0.124 e. The van der Waals surface area contributed by atoms with Crippen molar-refractivity contribution in [2.45, 2.75) is 6.92 Å². The zero-order chi connectivity index (χ0) is 12.4. The highest BCUT2D eigenvalue weighted by Gasteiger charge is 2.09. The van der Waals surface area contributed by atoms with Gasteiger partial charge in [0.05, 0.1) is 11.6 Å². The fraction of sp³-hybridized carbons (Fsp3) is 0.0714. The molecule has 17 heavy (non-hydrogen) atoms. The first kappa shape index (κ1) is 11.8. The van der Waals surface area contributed by atoms with Crippen molar-refractivity contribution < 1.29 is 4.39 Å². The van der Waals surface area contributed by atoms with Crippen LogP contribution < -0.4 is 0 Å². The van der Waals surface area contributed by atoms with Gasteiger partial charge >= 0.3 is 0 Å². The Bertz CT molecular complexity index is 614. The van der Waals surface area contributed by atoms with E-state index in [2.05, 4.69) is 15.9 Å². The number of nitrogens with zero attached hydrogens (tertiary/aromatic N) is 1. The van der Waals surface area contributed by atoms with Crippen molar-refractivity contribution in [2.75, 3.05) is 0 Å². The minimum Gasteiger partial charge on any atom is -0.207 e. The average molecular weight is 290 g/mol. The Morgan fingerprint density at radius 2 is 1.94 bits per heavy atom. The summed E-state index contributed by atoms with van der Waals surface area (Å²) in [7, 11) is 0. The van der Waals surface area contributed by atoms with E-state index in [1.165, 1.54) is 12.1 Å². The lowest BCUT2D eigenvalue weighted by Crippen LogP contribution is -1.89. The molecular weight excluding hydrogens is 281 g/mol. The number of nitriles is 1. The summed E-state index contributed by atoms with van der Waals surface area (Å²) in [6.07, 6.45) is 0. The Labute approximate surface area is 108 Å². The molecule has 3 heteroatoms. The van der Waals surface area contributed by atoms with Crippen molar-refractivity contribution in [2.24, 2.45) is 0 Å². The fourth-order valence-electron chi connectivity index (χ4n) is 1.74. The topological polar surface area (TPSA) is 23.8 Å². The molecular formula is C14H9BrFN. The van der Waals surface area contributed by atoms with Crippen LogP contribution in [0.25, 0.3) is 11.1 Å². The zero-order valence-corrected chi connectivity index (χ0v) is 10.8. The summed E-state index contributed by atoms with van der Waals surface area (Å²) in [6, 6.07) is 12.1. The van der Waals surface area contributed by atoms with Crippen LogP contribution in [0.5, 0.6) is 0 Å². The van der Waals surface area contributed by atoms with E-state index in [0.717, 1.165) is 21.2 Å². The van der Waals surface area contributed by atoms with Gasteiger partial charge in [-0.2, -0.15) is 5.26 Å². The van der Waals surface area contributed by atoms with E-state index in [1.807, 2.05) is 31.2 Å². The minimum atomic E-state index is -0.391. The van der Waals surface area contributed by atoms with Crippen LogP contribution in [0.3, 0.4) is 0 Å². The van der Waals surface area contributed by atoms with Gasteiger partial charge in [0.25, 0.3) is 0 Å². The van der Waals surface area contributed by atoms with Gasteiger partial charge in [-0.15, -0.1) is 0 Å². The first-order valence-electron chi connectivity index (χ1n) is 5.08. The van der Waals surface area contributed by atoms with Crippen LogP contribution in [0.4, 0.5) is 4.39 Å². The number of hydrogen-bond donors (Lipinski definition) is 0. The first-order valence-corrected chi connectivity index (χ1v) is 5.88. The Hall–Kier alpha value is -1.66. The Kier molecular flexibility index (Phi) is 3.26. The predicted octanol–water partition coefficient (Wildman–Crippen LogP) is 4.44. The van der Waals surface area contributed by atoms with Gasteiger partial charge in [0.1, 0.15) is 5.82 Å². The van der Waals surface area contributed by atoms with Crippen LogP contribution in [-0.4, -0.2) is 0 Å². The van der Waals surface area contributed by atoms with Gasteiger partial charge in [-0.25, -0.2) is 4.39 Å². The molecule has 0 aliphatic rings. The molecule has 2 rings (SSSR count). The maximum Gasteiger partial charge on any atom is 0.124 e. The molecule has 0 aliphatic heterocycles. The van der Waals surface area contributed by atoms with E-state index in [1.54, 1.807) is 6.07 Å². The molecule has 0 spiro atoms. The Balaban J connectivity index is 2.69. The van der Waals surface area contributed by atoms with Crippen LogP contribution in [0, 0.1) is 24.1 Å². The van der Waals surface area contributed by atoms with Crippen LogP contribution >= 0.6 is 15.9 Å². The monoisotopic (exact) mass is 289 g/mol. The maximum atomic E-state index is 13.1. The molecule has 0 N–H and O–H groups in total. The van der Waals surface area contributed by atoms with E-state index in [4.69, 9.17) is 5.26 Å². The lowest BCUT2D eigenvalue weighted by Gasteiger charge is -2.09. The highest BCUT2D eigenvalue weighted by molar-refractivity contribution is 9.10. The molecule has 0 saturated heterocycles. The Morgan fingerprint density at radius 1 is 1.18 bits per heavy atom. The molecule has 0 saturated carbocycles. The van der Waals surface area contributed by atoms with Crippen molar-refractivity contribution in [3.8, 4) is 17.2 Å². The van der Waals surface area contributed by atoms with Gasteiger partial charge in [-0.05, 0) is 41.8 Å². The van der Waals surface area contributed by atoms with Gasteiger partial charge in [0.15, 0.2) is 0 Å². The predicted molar refractivity (Wildman–Crippen MR) is 69.0 cm³/mol. The van der Waals surface area contributed by atoms with Crippen molar-refractivity contribution in [3.05, 3.63) is 57.8 Å². The molecule has 0 aromatic heterocycles. The summed E-state index contributed by atoms with van der Waals surface area (Å²) < 4.78 is 14.0. The summed E-state index contributed by atoms with van der Waals surface area (Å²) in [4.78, 5) is 0. The van der Waals surface area contributed by atoms with Gasteiger partial charge in [-0.3, -0.25) is 0 Å². The van der Waals surface area contributed by atoms with E-state index >= 15 is 0 Å². The quantitative estimate of drug-likeness (QED) is 0.762. The molecule has 0 amide bonds. The third-order valence-corrected chi connectivity index (χ3v) is 3.52. The van der Waals surface area contributed by atoms with E-state index in [0.29, 0.717) is 5.56 Å². The lowest BCUT2D eigenvalue weighted by atomic mass is 9.96. The molecule has 0 atom stereocenters. The van der Waals surface area contributed by atoms with E-state index < -0.39 is 5.82 Å².